The standard InChI is InChI=1S/C18H25NO5S/c1-17(2)13-7-8-18(17,16(21)9-13)11-25(22,23)24-14-5-3-12(4-6-14)15(20)10-19/h3-6,13,15,20H,7-11,19H2,1-2H3/t13?,15?,18-/m0/s1. The van der Waals surface area contributed by atoms with Gasteiger partial charge in [0.2, 0.25) is 0 Å². The predicted octanol–water partition coefficient (Wildman–Crippen LogP) is 1.78. The van der Waals surface area contributed by atoms with Crippen LogP contribution in [0.25, 0.3) is 0 Å². The highest BCUT2D eigenvalue weighted by molar-refractivity contribution is 7.87. The van der Waals surface area contributed by atoms with Gasteiger partial charge in [0.1, 0.15) is 11.5 Å². The Bertz CT molecular complexity index is 771. The summed E-state index contributed by atoms with van der Waals surface area (Å²) < 4.78 is 30.4. The quantitative estimate of drug-likeness (QED) is 0.742. The zero-order valence-corrected chi connectivity index (χ0v) is 15.4. The zero-order chi connectivity index (χ0) is 18.5. The molecule has 0 amide bonds. The van der Waals surface area contributed by atoms with Crippen LogP contribution in [0, 0.1) is 16.7 Å². The molecule has 138 valence electrons. The minimum absolute atomic E-state index is 0.0438. The Labute approximate surface area is 148 Å². The van der Waals surface area contributed by atoms with Gasteiger partial charge in [-0.1, -0.05) is 26.0 Å². The van der Waals surface area contributed by atoms with E-state index in [1.165, 1.54) is 12.1 Å². The first kappa shape index (κ1) is 18.4. The van der Waals surface area contributed by atoms with Crippen LogP contribution in [0.4, 0.5) is 0 Å². The molecule has 0 aliphatic heterocycles. The van der Waals surface area contributed by atoms with Crippen LogP contribution in [0.2, 0.25) is 0 Å². The molecule has 2 unspecified atom stereocenters. The molecule has 0 spiro atoms. The number of rotatable bonds is 6. The summed E-state index contributed by atoms with van der Waals surface area (Å²) >= 11 is 0. The molecule has 0 radical (unpaired) electrons. The minimum atomic E-state index is -3.91. The van der Waals surface area contributed by atoms with Crippen LogP contribution in [0.5, 0.6) is 5.75 Å². The fraction of sp³-hybridized carbons (Fsp3) is 0.611. The number of nitrogens with two attached hydrogens (primary N) is 1. The van der Waals surface area contributed by atoms with Gasteiger partial charge in [-0.3, -0.25) is 4.79 Å². The van der Waals surface area contributed by atoms with Gasteiger partial charge >= 0.3 is 10.1 Å². The summed E-state index contributed by atoms with van der Waals surface area (Å²) in [5, 5.41) is 9.68. The molecule has 0 heterocycles. The monoisotopic (exact) mass is 367 g/mol. The van der Waals surface area contributed by atoms with E-state index < -0.39 is 21.6 Å². The Morgan fingerprint density at radius 2 is 1.96 bits per heavy atom. The van der Waals surface area contributed by atoms with Gasteiger partial charge in [-0.2, -0.15) is 8.42 Å². The molecule has 0 saturated heterocycles. The topological polar surface area (TPSA) is 107 Å². The Balaban J connectivity index is 1.78. The van der Waals surface area contributed by atoms with E-state index in [0.29, 0.717) is 18.4 Å². The molecule has 3 N–H and O–H groups in total. The van der Waals surface area contributed by atoms with Crippen molar-refractivity contribution in [2.75, 3.05) is 12.3 Å². The van der Waals surface area contributed by atoms with E-state index in [0.717, 1.165) is 6.42 Å². The van der Waals surface area contributed by atoms with Gasteiger partial charge in [0.05, 0.1) is 17.3 Å². The average Bonchev–Trinajstić information content (AvgIpc) is 2.88. The van der Waals surface area contributed by atoms with Gasteiger partial charge in [0.25, 0.3) is 0 Å². The van der Waals surface area contributed by atoms with Gasteiger partial charge in [0.15, 0.2) is 0 Å². The van der Waals surface area contributed by atoms with Crippen LogP contribution < -0.4 is 9.92 Å². The normalized spacial score (nSPS) is 29.0. The summed E-state index contributed by atoms with van der Waals surface area (Å²) in [5.41, 5.74) is 4.83. The number of hydrogen-bond donors (Lipinski definition) is 2. The molecule has 6 nitrogen and oxygen atoms in total. The van der Waals surface area contributed by atoms with Crippen molar-refractivity contribution in [3.05, 3.63) is 29.8 Å². The molecule has 2 fully saturated rings. The number of ketones is 1. The average molecular weight is 367 g/mol. The molecule has 3 rings (SSSR count). The molecule has 3 atom stereocenters. The molecule has 25 heavy (non-hydrogen) atoms. The number of hydrogen-bond acceptors (Lipinski definition) is 6. The fourth-order valence-corrected chi connectivity index (χ4v) is 6.21. The van der Waals surface area contributed by atoms with Gasteiger partial charge in [0, 0.05) is 13.0 Å². The zero-order valence-electron chi connectivity index (χ0n) is 14.6. The van der Waals surface area contributed by atoms with Crippen molar-refractivity contribution in [3.8, 4) is 5.75 Å². The van der Waals surface area contributed by atoms with Gasteiger partial charge in [-0.15, -0.1) is 0 Å². The second-order valence-corrected chi connectivity index (χ2v) is 9.34. The third kappa shape index (κ3) is 2.98. The molecule has 0 aromatic heterocycles. The lowest BCUT2D eigenvalue weighted by Gasteiger charge is -2.35. The number of fused-ring (bicyclic) bond motifs is 2. The van der Waals surface area contributed by atoms with E-state index in [1.807, 2.05) is 13.8 Å². The molecular weight excluding hydrogens is 342 g/mol. The highest BCUT2D eigenvalue weighted by Gasteiger charge is 2.65. The third-order valence-electron chi connectivity index (χ3n) is 6.27. The number of aliphatic hydroxyl groups is 1. The van der Waals surface area contributed by atoms with Gasteiger partial charge in [-0.05, 0) is 41.9 Å². The van der Waals surface area contributed by atoms with Crippen LogP contribution in [-0.2, 0) is 14.9 Å². The molecule has 2 aliphatic carbocycles. The van der Waals surface area contributed by atoms with Crippen molar-refractivity contribution < 1.29 is 22.5 Å². The molecule has 1 aromatic carbocycles. The molecule has 2 aliphatic rings. The van der Waals surface area contributed by atoms with Gasteiger partial charge < -0.3 is 15.0 Å². The number of benzene rings is 1. The van der Waals surface area contributed by atoms with Gasteiger partial charge in [-0.25, -0.2) is 0 Å². The molecule has 7 heteroatoms. The Morgan fingerprint density at radius 3 is 2.44 bits per heavy atom. The van der Waals surface area contributed by atoms with Crippen LogP contribution in [-0.4, -0.2) is 31.6 Å². The van der Waals surface area contributed by atoms with Crippen LogP contribution in [0.15, 0.2) is 24.3 Å². The predicted molar refractivity (Wildman–Crippen MR) is 93.4 cm³/mol. The summed E-state index contributed by atoms with van der Waals surface area (Å²) in [5.74, 6) is 0.187. The maximum absolute atomic E-state index is 12.6. The van der Waals surface area contributed by atoms with E-state index in [4.69, 9.17) is 9.92 Å². The van der Waals surface area contributed by atoms with E-state index >= 15 is 0 Å². The Hall–Kier alpha value is -1.44. The molecule has 2 saturated carbocycles. The molecule has 1 aromatic rings. The van der Waals surface area contributed by atoms with E-state index in [-0.39, 0.29) is 35.2 Å². The number of Topliss-reactive ketones (excluding diaryl/α,β-unsaturated/α-hetero) is 1. The number of aliphatic hydroxyl groups excluding tert-OH is 1. The summed E-state index contributed by atoms with van der Waals surface area (Å²) in [6.45, 7) is 4.07. The lowest BCUT2D eigenvalue weighted by atomic mass is 9.70. The van der Waals surface area contributed by atoms with Crippen molar-refractivity contribution in [2.45, 2.75) is 39.2 Å². The SMILES string of the molecule is CC1(C)C2CC[C@]1(CS(=O)(=O)Oc1ccc(C(O)CN)cc1)C(=O)C2. The molecular formula is C18H25NO5S. The van der Waals surface area contributed by atoms with E-state index in [2.05, 4.69) is 0 Å². The Morgan fingerprint density at radius 1 is 1.32 bits per heavy atom. The van der Waals surface area contributed by atoms with E-state index in [1.54, 1.807) is 12.1 Å². The number of carbonyl (C=O) groups excluding carboxylic acids is 1. The summed E-state index contributed by atoms with van der Waals surface area (Å²) in [4.78, 5) is 12.5. The largest absolute Gasteiger partial charge is 0.387 e. The first-order chi connectivity index (χ1) is 11.6. The van der Waals surface area contributed by atoms with Crippen molar-refractivity contribution in [1.29, 1.82) is 0 Å². The lowest BCUT2D eigenvalue weighted by Crippen LogP contribution is -2.43. The molecule has 2 bridgehead atoms. The number of carbonyl (C=O) groups is 1. The summed E-state index contributed by atoms with van der Waals surface area (Å²) in [7, 11) is -3.91. The lowest BCUT2D eigenvalue weighted by molar-refractivity contribution is -0.128. The smallest absolute Gasteiger partial charge is 0.310 e. The van der Waals surface area contributed by atoms with Crippen molar-refractivity contribution in [1.82, 2.24) is 0 Å². The minimum Gasteiger partial charge on any atom is -0.387 e. The second kappa shape index (κ2) is 6.07. The van der Waals surface area contributed by atoms with Crippen molar-refractivity contribution in [2.24, 2.45) is 22.5 Å². The van der Waals surface area contributed by atoms with Crippen LogP contribution in [0.3, 0.4) is 0 Å². The van der Waals surface area contributed by atoms with E-state index in [9.17, 15) is 18.3 Å². The summed E-state index contributed by atoms with van der Waals surface area (Å²) in [6.07, 6.45) is 1.17. The van der Waals surface area contributed by atoms with Crippen LogP contribution >= 0.6 is 0 Å². The maximum Gasteiger partial charge on any atom is 0.310 e. The Kier molecular flexibility index (Phi) is 4.46. The van der Waals surface area contributed by atoms with Crippen molar-refractivity contribution in [3.63, 3.8) is 0 Å². The highest BCUT2D eigenvalue weighted by atomic mass is 32.2. The highest BCUT2D eigenvalue weighted by Crippen LogP contribution is 2.64. The second-order valence-electron chi connectivity index (χ2n) is 7.77. The fourth-order valence-electron chi connectivity index (χ4n) is 4.47. The maximum atomic E-state index is 12.6. The first-order valence-electron chi connectivity index (χ1n) is 8.55. The first-order valence-corrected chi connectivity index (χ1v) is 10.1. The third-order valence-corrected chi connectivity index (χ3v) is 7.57. The van der Waals surface area contributed by atoms with Crippen LogP contribution in [0.1, 0.15) is 44.8 Å². The van der Waals surface area contributed by atoms with Crippen molar-refractivity contribution >= 4 is 15.9 Å². The summed E-state index contributed by atoms with van der Waals surface area (Å²) in [6, 6.07) is 6.14.